The van der Waals surface area contributed by atoms with E-state index in [-0.39, 0.29) is 17.6 Å². The van der Waals surface area contributed by atoms with E-state index in [1.54, 1.807) is 18.7 Å². The van der Waals surface area contributed by atoms with Crippen molar-refractivity contribution in [3.05, 3.63) is 29.3 Å². The zero-order valence-corrected chi connectivity index (χ0v) is 16.8. The van der Waals surface area contributed by atoms with Crippen LogP contribution in [0.2, 0.25) is 0 Å². The maximum Gasteiger partial charge on any atom is 0.388 e. The number of amides is 4. The second-order valence-electron chi connectivity index (χ2n) is 6.63. The van der Waals surface area contributed by atoms with Crippen molar-refractivity contribution >= 4 is 46.3 Å². The molecule has 1 N–H and O–H groups in total. The molecular formula is C18H22N5O3S+. The van der Waals surface area contributed by atoms with Crippen molar-refractivity contribution in [2.45, 2.75) is 19.9 Å². The van der Waals surface area contributed by atoms with Crippen molar-refractivity contribution in [3.63, 3.8) is 0 Å². The van der Waals surface area contributed by atoms with Crippen LogP contribution in [-0.2, 0) is 9.59 Å². The fourth-order valence-corrected chi connectivity index (χ4v) is 3.83. The van der Waals surface area contributed by atoms with Crippen LogP contribution < -0.4 is 5.32 Å². The molecule has 1 aromatic rings. The number of rotatable bonds is 3. The van der Waals surface area contributed by atoms with E-state index < -0.39 is 12.1 Å². The smallest absolute Gasteiger partial charge is 0.325 e. The molecule has 0 aromatic heterocycles. The van der Waals surface area contributed by atoms with Crippen LogP contribution >= 0.6 is 11.8 Å². The Bertz CT molecular complexity index is 908. The number of imide groups is 1. The normalized spacial score (nSPS) is 19.4. The van der Waals surface area contributed by atoms with Crippen molar-refractivity contribution in [1.82, 2.24) is 9.80 Å². The number of thioether (sulfide) groups is 1. The first-order valence-corrected chi connectivity index (χ1v) is 9.42. The first kappa shape index (κ1) is 19.1. The van der Waals surface area contributed by atoms with E-state index in [0.717, 1.165) is 21.7 Å². The lowest BCUT2D eigenvalue weighted by atomic mass is 10.1. The molecular weight excluding hydrogens is 366 g/mol. The third-order valence-corrected chi connectivity index (χ3v) is 5.64. The zero-order valence-electron chi connectivity index (χ0n) is 15.9. The lowest BCUT2D eigenvalue weighted by Crippen LogP contribution is -2.59. The Kier molecular flexibility index (Phi) is 5.05. The van der Waals surface area contributed by atoms with Gasteiger partial charge in [0.2, 0.25) is 5.91 Å². The molecule has 3 rings (SSSR count). The number of benzene rings is 1. The molecule has 27 heavy (non-hydrogen) atoms. The van der Waals surface area contributed by atoms with E-state index in [1.807, 2.05) is 32.0 Å². The molecule has 4 amide bonds. The summed E-state index contributed by atoms with van der Waals surface area (Å²) in [4.78, 5) is 43.7. The number of aryl methyl sites for hydroxylation is 2. The second-order valence-corrected chi connectivity index (χ2v) is 7.57. The number of nitrogens with one attached hydrogen (secondary N) is 1. The van der Waals surface area contributed by atoms with Gasteiger partial charge >= 0.3 is 6.03 Å². The topological polar surface area (TPSA) is 85.1 Å². The maximum absolute atomic E-state index is 12.3. The Morgan fingerprint density at radius 2 is 1.96 bits per heavy atom. The first-order chi connectivity index (χ1) is 12.7. The van der Waals surface area contributed by atoms with E-state index in [0.29, 0.717) is 11.0 Å². The quantitative estimate of drug-likeness (QED) is 0.791. The van der Waals surface area contributed by atoms with E-state index in [9.17, 15) is 14.4 Å². The predicted octanol–water partition coefficient (Wildman–Crippen LogP) is 1.28. The van der Waals surface area contributed by atoms with Gasteiger partial charge in [-0.15, -0.1) is 4.99 Å². The summed E-state index contributed by atoms with van der Waals surface area (Å²) in [5.41, 5.74) is 2.84. The van der Waals surface area contributed by atoms with Gasteiger partial charge in [-0.3, -0.25) is 14.5 Å². The molecule has 8 nitrogen and oxygen atoms in total. The minimum atomic E-state index is -0.743. The number of hydrogen-bond acceptors (Lipinski definition) is 5. The molecule has 0 aliphatic carbocycles. The van der Waals surface area contributed by atoms with Crippen LogP contribution in [0, 0.1) is 13.8 Å². The Balaban J connectivity index is 1.70. The fourth-order valence-electron chi connectivity index (χ4n) is 3.03. The summed E-state index contributed by atoms with van der Waals surface area (Å²) in [6.07, 6.45) is 0. The van der Waals surface area contributed by atoms with Crippen molar-refractivity contribution < 1.29 is 19.0 Å². The summed E-state index contributed by atoms with van der Waals surface area (Å²) in [5, 5.41) is 3.44. The Morgan fingerprint density at radius 3 is 2.67 bits per heavy atom. The first-order valence-electron chi connectivity index (χ1n) is 8.44. The van der Waals surface area contributed by atoms with Gasteiger partial charge in [-0.05, 0) is 42.8 Å². The number of aliphatic imine (C=N–C) groups is 1. The molecule has 2 aliphatic rings. The summed E-state index contributed by atoms with van der Waals surface area (Å²) < 4.78 is 1.70. The molecule has 0 radical (unpaired) electrons. The highest BCUT2D eigenvalue weighted by Crippen LogP contribution is 2.22. The van der Waals surface area contributed by atoms with Gasteiger partial charge in [-0.2, -0.15) is 0 Å². The molecule has 142 valence electrons. The largest absolute Gasteiger partial charge is 0.388 e. The molecule has 9 heteroatoms. The molecule has 1 atom stereocenters. The third kappa shape index (κ3) is 3.46. The van der Waals surface area contributed by atoms with E-state index in [2.05, 4.69) is 10.3 Å². The zero-order chi connectivity index (χ0) is 19.9. The number of fused-ring (bicyclic) bond motifs is 1. The Hall–Kier alpha value is -2.68. The van der Waals surface area contributed by atoms with Gasteiger partial charge in [0.15, 0.2) is 0 Å². The number of hydrogen-bond donors (Lipinski definition) is 1. The van der Waals surface area contributed by atoms with Gasteiger partial charge in [0.05, 0.1) is 19.8 Å². The molecule has 1 saturated heterocycles. The molecule has 1 aromatic carbocycles. The number of likely N-dealkylation sites (N-methyl/N-ethyl adjacent to an activating group) is 2. The highest BCUT2D eigenvalue weighted by Gasteiger charge is 2.51. The van der Waals surface area contributed by atoms with E-state index in [4.69, 9.17) is 0 Å². The summed E-state index contributed by atoms with van der Waals surface area (Å²) in [6, 6.07) is 4.74. The molecule has 1 fully saturated rings. The summed E-state index contributed by atoms with van der Waals surface area (Å²) in [7, 11) is 4.79. The highest BCUT2D eigenvalue weighted by molar-refractivity contribution is 8.14. The second kappa shape index (κ2) is 7.15. The van der Waals surface area contributed by atoms with Gasteiger partial charge in [0.25, 0.3) is 23.0 Å². The van der Waals surface area contributed by atoms with Gasteiger partial charge in [0.1, 0.15) is 0 Å². The number of anilines is 1. The molecule has 1 unspecified atom stereocenters. The molecule has 2 aliphatic heterocycles. The standard InChI is InChI=1S/C18H21N5O3S/c1-10-6-7-11(2)12(8-10)19-13(24)9-27-17-20-14-15(21(17)3)22(4)18(26)23(5)16(14)25/h6-8,14H,9H2,1-5H3/p+1. The molecule has 2 heterocycles. The van der Waals surface area contributed by atoms with Gasteiger partial charge in [-0.25, -0.2) is 14.3 Å². The van der Waals surface area contributed by atoms with Gasteiger partial charge in [0, 0.05) is 12.7 Å². The monoisotopic (exact) mass is 388 g/mol. The fraction of sp³-hybridized carbons (Fsp3) is 0.389. The molecule has 0 saturated carbocycles. The summed E-state index contributed by atoms with van der Waals surface area (Å²) in [6.45, 7) is 3.91. The van der Waals surface area contributed by atoms with Crippen molar-refractivity contribution in [1.29, 1.82) is 0 Å². The van der Waals surface area contributed by atoms with Crippen LogP contribution in [0.4, 0.5) is 10.5 Å². The van der Waals surface area contributed by atoms with Gasteiger partial charge in [-0.1, -0.05) is 12.1 Å². The Labute approximate surface area is 161 Å². The minimum Gasteiger partial charge on any atom is -0.325 e. The van der Waals surface area contributed by atoms with E-state index >= 15 is 0 Å². The number of carbonyl (C=O) groups excluding carboxylic acids is 3. The SMILES string of the molecule is Cc1ccc(C)c(NC(=O)CSC2=NC3C(=O)N(C)C(=O)N(C)C3=[N+]2C)c1. The van der Waals surface area contributed by atoms with Gasteiger partial charge < -0.3 is 5.32 Å². The number of carbonyl (C=O) groups is 3. The average Bonchev–Trinajstić information content (AvgIpc) is 2.96. The molecule has 0 spiro atoms. The van der Waals surface area contributed by atoms with Crippen LogP contribution in [0.15, 0.2) is 23.2 Å². The van der Waals surface area contributed by atoms with Crippen molar-refractivity contribution in [3.8, 4) is 0 Å². The van der Waals surface area contributed by atoms with Crippen LogP contribution in [0.25, 0.3) is 0 Å². The lowest BCUT2D eigenvalue weighted by Gasteiger charge is -2.27. The lowest BCUT2D eigenvalue weighted by molar-refractivity contribution is -0.367. The van der Waals surface area contributed by atoms with Crippen LogP contribution in [0.1, 0.15) is 11.1 Å². The van der Waals surface area contributed by atoms with E-state index in [1.165, 1.54) is 23.7 Å². The number of nitrogens with zero attached hydrogens (tertiary/aromatic N) is 4. The van der Waals surface area contributed by atoms with Crippen molar-refractivity contribution in [2.24, 2.45) is 4.99 Å². The summed E-state index contributed by atoms with van der Waals surface area (Å²) >= 11 is 1.24. The van der Waals surface area contributed by atoms with Crippen LogP contribution in [0.3, 0.4) is 0 Å². The van der Waals surface area contributed by atoms with Crippen LogP contribution in [0.5, 0.6) is 0 Å². The Morgan fingerprint density at radius 1 is 1.26 bits per heavy atom. The molecule has 0 bridgehead atoms. The van der Waals surface area contributed by atoms with Crippen LogP contribution in [-0.4, -0.2) is 76.2 Å². The predicted molar refractivity (Wildman–Crippen MR) is 105 cm³/mol. The highest BCUT2D eigenvalue weighted by atomic mass is 32.2. The maximum atomic E-state index is 12.3. The van der Waals surface area contributed by atoms with Crippen molar-refractivity contribution in [2.75, 3.05) is 32.2 Å². The minimum absolute atomic E-state index is 0.151. The third-order valence-electron chi connectivity index (χ3n) is 4.60. The number of amidine groups is 2. The summed E-state index contributed by atoms with van der Waals surface area (Å²) in [5.74, 6) is 0.145. The average molecular weight is 388 g/mol. The number of urea groups is 1.